The van der Waals surface area contributed by atoms with E-state index in [0.717, 1.165) is 18.4 Å². The molecule has 0 radical (unpaired) electrons. The first-order chi connectivity index (χ1) is 20.3. The van der Waals surface area contributed by atoms with Gasteiger partial charge in [0.15, 0.2) is 0 Å². The second-order valence-corrected chi connectivity index (χ2v) is 12.8. The van der Waals surface area contributed by atoms with Crippen molar-refractivity contribution in [2.75, 3.05) is 31.6 Å². The summed E-state index contributed by atoms with van der Waals surface area (Å²) in [6.45, 7) is 4.46. The number of carbonyl (C=O) groups excluding carboxylic acids is 1. The molecule has 1 aromatic carbocycles. The third-order valence-electron chi connectivity index (χ3n) is 7.90. The Kier molecular flexibility index (Phi) is 8.67. The number of anilines is 2. The van der Waals surface area contributed by atoms with Crippen LogP contribution >= 0.6 is 0 Å². The monoisotopic (exact) mass is 590 g/mol. The van der Waals surface area contributed by atoms with E-state index >= 15 is 0 Å². The number of aliphatic hydroxyl groups is 1. The Morgan fingerprint density at radius 2 is 1.98 bits per heavy atom. The molecular formula is C29H34N8O4S. The Balaban J connectivity index is 1.28. The van der Waals surface area contributed by atoms with Gasteiger partial charge < -0.3 is 15.7 Å². The Bertz CT molecular complexity index is 1570. The van der Waals surface area contributed by atoms with Crippen LogP contribution in [0.3, 0.4) is 0 Å². The Morgan fingerprint density at radius 3 is 2.62 bits per heavy atom. The maximum absolute atomic E-state index is 13.3. The number of hydrogen-bond acceptors (Lipinski definition) is 9. The quantitative estimate of drug-likeness (QED) is 0.269. The molecule has 3 N–H and O–H groups in total. The van der Waals surface area contributed by atoms with Crippen LogP contribution in [0.2, 0.25) is 0 Å². The van der Waals surface area contributed by atoms with E-state index in [4.69, 9.17) is 5.11 Å². The average molecular weight is 591 g/mol. The summed E-state index contributed by atoms with van der Waals surface area (Å²) < 4.78 is 29.9. The normalized spacial score (nSPS) is 17.6. The minimum Gasteiger partial charge on any atom is -0.395 e. The van der Waals surface area contributed by atoms with Crippen molar-refractivity contribution in [3.05, 3.63) is 67.1 Å². The summed E-state index contributed by atoms with van der Waals surface area (Å²) in [5.74, 6) is 0.240. The molecule has 2 fully saturated rings. The van der Waals surface area contributed by atoms with Gasteiger partial charge in [-0.3, -0.25) is 9.48 Å². The van der Waals surface area contributed by atoms with Crippen LogP contribution in [0.4, 0.5) is 11.6 Å². The molecule has 0 spiro atoms. The summed E-state index contributed by atoms with van der Waals surface area (Å²) in [5, 5.41) is 28.3. The minimum atomic E-state index is -3.49. The summed E-state index contributed by atoms with van der Waals surface area (Å²) in [5.41, 5.74) is 1.90. The first kappa shape index (κ1) is 29.4. The predicted molar refractivity (Wildman–Crippen MR) is 157 cm³/mol. The number of aliphatic hydroxyl groups excluding tert-OH is 1. The molecule has 1 aliphatic heterocycles. The number of rotatable bonds is 12. The van der Waals surface area contributed by atoms with E-state index in [0.29, 0.717) is 48.8 Å². The molecule has 5 rings (SSSR count). The second kappa shape index (κ2) is 12.4. The molecule has 2 aromatic heterocycles. The lowest BCUT2D eigenvalue weighted by atomic mass is 9.85. The van der Waals surface area contributed by atoms with Crippen molar-refractivity contribution in [2.45, 2.75) is 42.9 Å². The van der Waals surface area contributed by atoms with Crippen LogP contribution in [0.25, 0.3) is 11.3 Å². The number of nitrogens with zero attached hydrogens (tertiary/aromatic N) is 6. The third kappa shape index (κ3) is 6.20. The molecule has 1 aliphatic carbocycles. The van der Waals surface area contributed by atoms with E-state index in [-0.39, 0.29) is 31.4 Å². The van der Waals surface area contributed by atoms with Crippen LogP contribution in [0.1, 0.15) is 42.5 Å². The van der Waals surface area contributed by atoms with Crippen LogP contribution < -0.4 is 10.6 Å². The molecule has 2 aliphatic rings. The first-order valence-electron chi connectivity index (χ1n) is 13.9. The highest BCUT2D eigenvalue weighted by atomic mass is 32.2. The predicted octanol–water partition coefficient (Wildman–Crippen LogP) is 2.80. The van der Waals surface area contributed by atoms with Crippen molar-refractivity contribution >= 4 is 27.6 Å². The van der Waals surface area contributed by atoms with E-state index in [9.17, 15) is 18.5 Å². The lowest BCUT2D eigenvalue weighted by Crippen LogP contribution is -2.50. The zero-order valence-electron chi connectivity index (χ0n) is 23.2. The van der Waals surface area contributed by atoms with Crippen LogP contribution in [0, 0.1) is 17.2 Å². The van der Waals surface area contributed by atoms with Gasteiger partial charge in [0, 0.05) is 48.8 Å². The van der Waals surface area contributed by atoms with Gasteiger partial charge in [0.2, 0.25) is 16.0 Å². The molecule has 220 valence electrons. The Labute approximate surface area is 245 Å². The van der Waals surface area contributed by atoms with Gasteiger partial charge in [-0.2, -0.15) is 10.4 Å². The van der Waals surface area contributed by atoms with Crippen molar-refractivity contribution in [1.29, 1.82) is 5.26 Å². The van der Waals surface area contributed by atoms with Gasteiger partial charge in [0.25, 0.3) is 5.91 Å². The van der Waals surface area contributed by atoms with Crippen molar-refractivity contribution in [3.8, 4) is 17.3 Å². The van der Waals surface area contributed by atoms with E-state index in [1.165, 1.54) is 0 Å². The highest BCUT2D eigenvalue weighted by molar-refractivity contribution is 7.89. The lowest BCUT2D eigenvalue weighted by molar-refractivity contribution is 0.0944. The molecular weight excluding hydrogens is 556 g/mol. The topological polar surface area (TPSA) is 166 Å². The van der Waals surface area contributed by atoms with Crippen molar-refractivity contribution in [1.82, 2.24) is 29.4 Å². The van der Waals surface area contributed by atoms with E-state index in [1.807, 2.05) is 6.20 Å². The molecule has 13 heteroatoms. The van der Waals surface area contributed by atoms with Gasteiger partial charge in [-0.25, -0.2) is 22.7 Å². The molecule has 1 saturated carbocycles. The van der Waals surface area contributed by atoms with E-state index < -0.39 is 20.8 Å². The second-order valence-electron chi connectivity index (χ2n) is 10.7. The van der Waals surface area contributed by atoms with Gasteiger partial charge in [-0.15, -0.1) is 6.58 Å². The fourth-order valence-corrected chi connectivity index (χ4v) is 7.38. The smallest absolute Gasteiger partial charge is 0.251 e. The zero-order valence-corrected chi connectivity index (χ0v) is 24.0. The number of hydrogen-bond donors (Lipinski definition) is 3. The van der Waals surface area contributed by atoms with E-state index in [1.54, 1.807) is 57.8 Å². The SMILES string of the molecule is C=CC(C1CC1)S(=O)(=O)N1CCC(CC#N)(n2cc(-c3ccnc(Nc4ccc(C(=O)NCCO)cc4)n3)cn2)CC1. The number of aromatic nitrogens is 4. The van der Waals surface area contributed by atoms with Crippen molar-refractivity contribution in [2.24, 2.45) is 5.92 Å². The fourth-order valence-electron chi connectivity index (χ4n) is 5.34. The van der Waals surface area contributed by atoms with Crippen LogP contribution in [0.5, 0.6) is 0 Å². The highest BCUT2D eigenvalue weighted by Gasteiger charge is 2.45. The maximum Gasteiger partial charge on any atom is 0.251 e. The molecule has 1 saturated heterocycles. The lowest BCUT2D eigenvalue weighted by Gasteiger charge is -2.41. The number of nitriles is 1. The molecule has 12 nitrogen and oxygen atoms in total. The molecule has 1 amide bonds. The number of piperidine rings is 1. The molecule has 1 unspecified atom stereocenters. The Morgan fingerprint density at radius 1 is 1.24 bits per heavy atom. The molecule has 42 heavy (non-hydrogen) atoms. The number of amides is 1. The van der Waals surface area contributed by atoms with E-state index in [2.05, 4.69) is 38.3 Å². The standard InChI is InChI=1S/C29H34N8O4S/c1-2-26(21-3-4-21)42(40,41)36-16-11-29(10-13-30,12-17-36)37-20-23(19-33-37)25-9-14-32-28(35-25)34-24-7-5-22(6-8-24)27(39)31-15-18-38/h2,5-9,14,19-21,26,38H,1,3-4,10-12,15-18H2,(H,31,39)(H,32,34,35). The summed E-state index contributed by atoms with van der Waals surface area (Å²) in [6.07, 6.45) is 9.71. The van der Waals surface area contributed by atoms with Gasteiger partial charge >= 0.3 is 0 Å². The van der Waals surface area contributed by atoms with Gasteiger partial charge in [0.1, 0.15) is 0 Å². The summed E-state index contributed by atoms with van der Waals surface area (Å²) in [4.78, 5) is 21.0. The molecule has 3 heterocycles. The summed E-state index contributed by atoms with van der Waals surface area (Å²) in [6, 6.07) is 10.9. The average Bonchev–Trinajstić information content (AvgIpc) is 3.69. The van der Waals surface area contributed by atoms with Gasteiger partial charge in [-0.05, 0) is 61.9 Å². The summed E-state index contributed by atoms with van der Waals surface area (Å²) in [7, 11) is -3.49. The van der Waals surface area contributed by atoms with Crippen molar-refractivity contribution in [3.63, 3.8) is 0 Å². The molecule has 0 bridgehead atoms. The Hall–Kier alpha value is -4.12. The number of benzene rings is 1. The fraction of sp³-hybridized carbons (Fsp3) is 0.414. The van der Waals surface area contributed by atoms with Crippen LogP contribution in [-0.4, -0.2) is 75.0 Å². The maximum atomic E-state index is 13.3. The first-order valence-corrected chi connectivity index (χ1v) is 15.4. The third-order valence-corrected chi connectivity index (χ3v) is 10.3. The number of carbonyl (C=O) groups is 1. The van der Waals surface area contributed by atoms with Crippen LogP contribution in [-0.2, 0) is 15.6 Å². The summed E-state index contributed by atoms with van der Waals surface area (Å²) >= 11 is 0. The number of sulfonamides is 1. The van der Waals surface area contributed by atoms with Gasteiger partial charge in [-0.1, -0.05) is 6.08 Å². The largest absolute Gasteiger partial charge is 0.395 e. The minimum absolute atomic E-state index is 0.128. The highest BCUT2D eigenvalue weighted by Crippen LogP contribution is 2.40. The zero-order chi connectivity index (χ0) is 29.7. The van der Waals surface area contributed by atoms with Gasteiger partial charge in [0.05, 0.1) is 41.8 Å². The number of nitrogens with one attached hydrogen (secondary N) is 2. The van der Waals surface area contributed by atoms with Crippen molar-refractivity contribution < 1.29 is 18.3 Å². The van der Waals surface area contributed by atoms with Crippen LogP contribution in [0.15, 0.2) is 61.6 Å². The molecule has 3 aromatic rings. The molecule has 1 atom stereocenters.